The van der Waals surface area contributed by atoms with Gasteiger partial charge in [-0.2, -0.15) is 0 Å². The van der Waals surface area contributed by atoms with E-state index in [9.17, 15) is 9.59 Å². The van der Waals surface area contributed by atoms with Crippen LogP contribution in [0, 0.1) is 13.8 Å². The second-order valence-electron chi connectivity index (χ2n) is 6.23. The van der Waals surface area contributed by atoms with Gasteiger partial charge in [0.15, 0.2) is 0 Å². The standard InChI is InChI=1S/C21H22N2O3/c1-4-12-26-19-11-10-16(14(2)15(19)3)13-18-20(24)22-23(21(18)25)17-8-6-5-7-9-17/h5-11,13H,4,12H2,1-3H3,(H,22,24). The van der Waals surface area contributed by atoms with E-state index >= 15 is 0 Å². The minimum Gasteiger partial charge on any atom is -0.493 e. The molecule has 2 aromatic carbocycles. The van der Waals surface area contributed by atoms with E-state index in [0.29, 0.717) is 12.3 Å². The molecule has 2 aromatic rings. The highest BCUT2D eigenvalue weighted by molar-refractivity contribution is 6.31. The summed E-state index contributed by atoms with van der Waals surface area (Å²) in [5.41, 5.74) is 6.21. The first-order valence-corrected chi connectivity index (χ1v) is 8.68. The summed E-state index contributed by atoms with van der Waals surface area (Å²) in [5.74, 6) is 0.0754. The second kappa shape index (κ2) is 7.44. The Morgan fingerprint density at radius 2 is 1.77 bits per heavy atom. The Labute approximate surface area is 153 Å². The topological polar surface area (TPSA) is 58.6 Å². The van der Waals surface area contributed by atoms with Crippen molar-refractivity contribution in [1.29, 1.82) is 0 Å². The van der Waals surface area contributed by atoms with E-state index in [1.165, 1.54) is 5.01 Å². The lowest BCUT2D eigenvalue weighted by atomic mass is 10.00. The number of carbonyl (C=O) groups excluding carboxylic acids is 2. The molecule has 5 nitrogen and oxygen atoms in total. The number of rotatable bonds is 5. The van der Waals surface area contributed by atoms with E-state index < -0.39 is 5.91 Å². The molecule has 0 spiro atoms. The van der Waals surface area contributed by atoms with Crippen LogP contribution in [-0.2, 0) is 9.59 Å². The van der Waals surface area contributed by atoms with Gasteiger partial charge in [-0.25, -0.2) is 5.01 Å². The number of carbonyl (C=O) groups is 2. The molecular formula is C21H22N2O3. The number of nitrogens with zero attached hydrogens (tertiary/aromatic N) is 1. The summed E-state index contributed by atoms with van der Waals surface area (Å²) in [6.07, 6.45) is 2.58. The Kier molecular flexibility index (Phi) is 5.07. The van der Waals surface area contributed by atoms with Crippen molar-refractivity contribution in [2.24, 2.45) is 0 Å². The average molecular weight is 350 g/mol. The molecule has 0 aromatic heterocycles. The molecule has 1 saturated heterocycles. The van der Waals surface area contributed by atoms with E-state index in [0.717, 1.165) is 28.9 Å². The summed E-state index contributed by atoms with van der Waals surface area (Å²) in [4.78, 5) is 25.0. The fourth-order valence-corrected chi connectivity index (χ4v) is 2.81. The number of benzene rings is 2. The van der Waals surface area contributed by atoms with Crippen LogP contribution < -0.4 is 15.2 Å². The number of nitrogens with one attached hydrogen (secondary N) is 1. The van der Waals surface area contributed by atoms with Gasteiger partial charge in [-0.1, -0.05) is 31.2 Å². The molecule has 2 amide bonds. The van der Waals surface area contributed by atoms with E-state index in [1.807, 2.05) is 44.2 Å². The molecular weight excluding hydrogens is 328 g/mol. The first-order valence-electron chi connectivity index (χ1n) is 8.68. The Balaban J connectivity index is 1.91. The summed E-state index contributed by atoms with van der Waals surface area (Å²) in [7, 11) is 0. The lowest BCUT2D eigenvalue weighted by Crippen LogP contribution is -2.35. The number of anilines is 1. The molecule has 0 bridgehead atoms. The van der Waals surface area contributed by atoms with Crippen LogP contribution in [0.4, 0.5) is 5.69 Å². The number of para-hydroxylation sites is 1. The Morgan fingerprint density at radius 3 is 2.46 bits per heavy atom. The predicted molar refractivity (Wildman–Crippen MR) is 102 cm³/mol. The third-order valence-electron chi connectivity index (χ3n) is 4.45. The van der Waals surface area contributed by atoms with Crippen LogP contribution in [0.25, 0.3) is 6.08 Å². The molecule has 0 saturated carbocycles. The molecule has 26 heavy (non-hydrogen) atoms. The maximum absolute atomic E-state index is 12.7. The Bertz CT molecular complexity index is 872. The zero-order chi connectivity index (χ0) is 18.7. The molecule has 3 rings (SSSR count). The van der Waals surface area contributed by atoms with Crippen LogP contribution in [0.1, 0.15) is 30.0 Å². The molecule has 0 aliphatic carbocycles. The van der Waals surface area contributed by atoms with Crippen LogP contribution in [0.15, 0.2) is 48.0 Å². The van der Waals surface area contributed by atoms with Crippen LogP contribution in [-0.4, -0.2) is 18.4 Å². The fraction of sp³-hybridized carbons (Fsp3) is 0.238. The molecule has 1 heterocycles. The van der Waals surface area contributed by atoms with Crippen LogP contribution in [0.3, 0.4) is 0 Å². The Hall–Kier alpha value is -3.08. The third-order valence-corrected chi connectivity index (χ3v) is 4.45. The van der Waals surface area contributed by atoms with Crippen molar-refractivity contribution in [3.8, 4) is 5.75 Å². The van der Waals surface area contributed by atoms with Gasteiger partial charge < -0.3 is 4.74 Å². The molecule has 0 atom stereocenters. The van der Waals surface area contributed by atoms with E-state index in [-0.39, 0.29) is 11.5 Å². The van der Waals surface area contributed by atoms with Crippen LogP contribution in [0.5, 0.6) is 5.75 Å². The summed E-state index contributed by atoms with van der Waals surface area (Å²) in [6.45, 7) is 6.67. The molecule has 1 aliphatic rings. The predicted octanol–water partition coefficient (Wildman–Crippen LogP) is 3.55. The van der Waals surface area contributed by atoms with Crippen molar-refractivity contribution in [2.75, 3.05) is 11.6 Å². The van der Waals surface area contributed by atoms with E-state index in [2.05, 4.69) is 12.3 Å². The van der Waals surface area contributed by atoms with Crippen LogP contribution in [0.2, 0.25) is 0 Å². The smallest absolute Gasteiger partial charge is 0.282 e. The van der Waals surface area contributed by atoms with Gasteiger partial charge in [0.1, 0.15) is 11.3 Å². The molecule has 1 N–H and O–H groups in total. The van der Waals surface area contributed by atoms with Gasteiger partial charge in [0.05, 0.1) is 12.3 Å². The van der Waals surface area contributed by atoms with Crippen molar-refractivity contribution < 1.29 is 14.3 Å². The van der Waals surface area contributed by atoms with Crippen molar-refractivity contribution >= 4 is 23.6 Å². The number of amides is 2. The third kappa shape index (κ3) is 3.33. The fourth-order valence-electron chi connectivity index (χ4n) is 2.81. The lowest BCUT2D eigenvalue weighted by molar-refractivity contribution is -0.117. The quantitative estimate of drug-likeness (QED) is 0.663. The van der Waals surface area contributed by atoms with Crippen molar-refractivity contribution in [3.05, 3.63) is 64.7 Å². The molecule has 0 radical (unpaired) electrons. The van der Waals surface area contributed by atoms with Gasteiger partial charge >= 0.3 is 0 Å². The number of hydrogen-bond acceptors (Lipinski definition) is 3. The monoisotopic (exact) mass is 350 g/mol. The minimum absolute atomic E-state index is 0.124. The summed E-state index contributed by atoms with van der Waals surface area (Å²) in [6, 6.07) is 12.8. The first-order chi connectivity index (χ1) is 12.5. The summed E-state index contributed by atoms with van der Waals surface area (Å²) < 4.78 is 5.73. The second-order valence-corrected chi connectivity index (χ2v) is 6.23. The average Bonchev–Trinajstić information content (AvgIpc) is 2.93. The SMILES string of the molecule is CCCOc1ccc(C=C2C(=O)NN(c3ccccc3)C2=O)c(C)c1C. The first kappa shape index (κ1) is 17.7. The number of ether oxygens (including phenoxy) is 1. The maximum Gasteiger partial charge on any atom is 0.282 e. The molecule has 1 fully saturated rings. The molecule has 5 heteroatoms. The zero-order valence-corrected chi connectivity index (χ0v) is 15.2. The van der Waals surface area contributed by atoms with Crippen molar-refractivity contribution in [1.82, 2.24) is 5.43 Å². The van der Waals surface area contributed by atoms with Crippen LogP contribution >= 0.6 is 0 Å². The number of hydrogen-bond donors (Lipinski definition) is 1. The molecule has 1 aliphatic heterocycles. The van der Waals surface area contributed by atoms with Gasteiger partial charge in [-0.3, -0.25) is 15.0 Å². The van der Waals surface area contributed by atoms with Crippen molar-refractivity contribution in [2.45, 2.75) is 27.2 Å². The summed E-state index contributed by atoms with van der Waals surface area (Å²) in [5, 5.41) is 1.27. The van der Waals surface area contributed by atoms with Gasteiger partial charge in [0, 0.05) is 0 Å². The maximum atomic E-state index is 12.7. The lowest BCUT2D eigenvalue weighted by Gasteiger charge is -2.14. The highest BCUT2D eigenvalue weighted by atomic mass is 16.5. The zero-order valence-electron chi connectivity index (χ0n) is 15.2. The van der Waals surface area contributed by atoms with Crippen molar-refractivity contribution in [3.63, 3.8) is 0 Å². The highest BCUT2D eigenvalue weighted by Crippen LogP contribution is 2.27. The van der Waals surface area contributed by atoms with E-state index in [4.69, 9.17) is 4.74 Å². The van der Waals surface area contributed by atoms with Gasteiger partial charge in [-0.05, 0) is 61.2 Å². The minimum atomic E-state index is -0.401. The Morgan fingerprint density at radius 1 is 1.04 bits per heavy atom. The molecule has 0 unspecified atom stereocenters. The normalized spacial score (nSPS) is 15.5. The van der Waals surface area contributed by atoms with Gasteiger partial charge in [-0.15, -0.1) is 0 Å². The van der Waals surface area contributed by atoms with E-state index in [1.54, 1.807) is 18.2 Å². The number of hydrazine groups is 1. The van der Waals surface area contributed by atoms with Gasteiger partial charge in [0.2, 0.25) is 0 Å². The highest BCUT2D eigenvalue weighted by Gasteiger charge is 2.34. The summed E-state index contributed by atoms with van der Waals surface area (Å²) >= 11 is 0. The van der Waals surface area contributed by atoms with Gasteiger partial charge in [0.25, 0.3) is 11.8 Å². The molecule has 134 valence electrons. The largest absolute Gasteiger partial charge is 0.493 e.